The van der Waals surface area contributed by atoms with Crippen LogP contribution in [-0.4, -0.2) is 42.5 Å². The summed E-state index contributed by atoms with van der Waals surface area (Å²) in [5.41, 5.74) is -0.350. The summed E-state index contributed by atoms with van der Waals surface area (Å²) >= 11 is 0. The van der Waals surface area contributed by atoms with E-state index in [9.17, 15) is 9.90 Å². The highest BCUT2D eigenvalue weighted by atomic mass is 16.5. The Bertz CT molecular complexity index is 325. The van der Waals surface area contributed by atoms with E-state index >= 15 is 0 Å². The van der Waals surface area contributed by atoms with Crippen LogP contribution in [0.4, 0.5) is 4.79 Å². The maximum absolute atomic E-state index is 12.0. The van der Waals surface area contributed by atoms with Gasteiger partial charge < -0.3 is 20.5 Å². The molecule has 1 fully saturated rings. The summed E-state index contributed by atoms with van der Waals surface area (Å²) < 4.78 is 5.64. The SMILES string of the molecule is CCC(NC(=O)NCC(C)(C)C(O)C(C)C)C1CCCO1. The highest BCUT2D eigenvalue weighted by Crippen LogP contribution is 2.25. The van der Waals surface area contributed by atoms with Gasteiger partial charge in [0.25, 0.3) is 0 Å². The van der Waals surface area contributed by atoms with Gasteiger partial charge in [-0.25, -0.2) is 4.79 Å². The van der Waals surface area contributed by atoms with Crippen molar-refractivity contribution in [3.05, 3.63) is 0 Å². The average Bonchev–Trinajstić information content (AvgIpc) is 2.95. The molecule has 1 aliphatic heterocycles. The summed E-state index contributed by atoms with van der Waals surface area (Å²) in [6.45, 7) is 11.2. The van der Waals surface area contributed by atoms with Crippen LogP contribution in [0.5, 0.6) is 0 Å². The topological polar surface area (TPSA) is 70.6 Å². The molecule has 5 heteroatoms. The molecule has 2 amide bonds. The van der Waals surface area contributed by atoms with Crippen molar-refractivity contribution in [2.45, 2.75) is 72.1 Å². The third-order valence-corrected chi connectivity index (χ3v) is 4.31. The van der Waals surface area contributed by atoms with Gasteiger partial charge in [0.05, 0.1) is 18.2 Å². The minimum Gasteiger partial charge on any atom is -0.392 e. The Kier molecular flexibility index (Phi) is 6.94. The van der Waals surface area contributed by atoms with Crippen LogP contribution in [-0.2, 0) is 4.74 Å². The van der Waals surface area contributed by atoms with E-state index in [0.29, 0.717) is 6.54 Å². The van der Waals surface area contributed by atoms with E-state index in [1.165, 1.54) is 0 Å². The fourth-order valence-corrected chi connectivity index (χ4v) is 2.91. The maximum atomic E-state index is 12.0. The molecule has 5 nitrogen and oxygen atoms in total. The molecule has 0 spiro atoms. The Hall–Kier alpha value is -0.810. The zero-order valence-corrected chi connectivity index (χ0v) is 14.1. The molecule has 3 N–H and O–H groups in total. The third kappa shape index (κ3) is 5.47. The second-order valence-corrected chi connectivity index (χ2v) is 7.07. The first-order valence-electron chi connectivity index (χ1n) is 8.12. The number of aliphatic hydroxyl groups is 1. The summed E-state index contributed by atoms with van der Waals surface area (Å²) in [7, 11) is 0. The lowest BCUT2D eigenvalue weighted by Gasteiger charge is -2.33. The molecular weight excluding hydrogens is 268 g/mol. The molecule has 0 saturated carbocycles. The van der Waals surface area contributed by atoms with Gasteiger partial charge in [-0.05, 0) is 25.2 Å². The van der Waals surface area contributed by atoms with E-state index in [0.717, 1.165) is 25.9 Å². The number of carbonyl (C=O) groups excluding carboxylic acids is 1. The average molecular weight is 300 g/mol. The Morgan fingerprint density at radius 3 is 2.57 bits per heavy atom. The molecule has 0 radical (unpaired) electrons. The van der Waals surface area contributed by atoms with Gasteiger partial charge in [0.1, 0.15) is 0 Å². The fraction of sp³-hybridized carbons (Fsp3) is 0.938. The number of carbonyl (C=O) groups is 1. The monoisotopic (exact) mass is 300 g/mol. The Labute approximate surface area is 128 Å². The predicted molar refractivity (Wildman–Crippen MR) is 84.2 cm³/mol. The standard InChI is InChI=1S/C16H32N2O3/c1-6-12(13-8-7-9-21-13)18-15(20)17-10-16(4,5)14(19)11(2)3/h11-14,19H,6-10H2,1-5H3,(H2,17,18,20). The van der Waals surface area contributed by atoms with Crippen molar-refractivity contribution in [3.8, 4) is 0 Å². The number of hydrogen-bond donors (Lipinski definition) is 3. The lowest BCUT2D eigenvalue weighted by atomic mass is 9.81. The van der Waals surface area contributed by atoms with Gasteiger partial charge in [0.15, 0.2) is 0 Å². The number of nitrogens with one attached hydrogen (secondary N) is 2. The van der Waals surface area contributed by atoms with Crippen molar-refractivity contribution in [2.24, 2.45) is 11.3 Å². The van der Waals surface area contributed by atoms with E-state index in [-0.39, 0.29) is 29.5 Å². The second kappa shape index (κ2) is 7.99. The molecule has 0 aromatic heterocycles. The molecule has 1 heterocycles. The molecule has 0 aromatic rings. The van der Waals surface area contributed by atoms with Gasteiger partial charge in [0, 0.05) is 18.6 Å². The normalized spacial score (nSPS) is 22.1. The lowest BCUT2D eigenvalue weighted by molar-refractivity contribution is 0.0149. The molecule has 1 aliphatic rings. The minimum absolute atomic E-state index is 0.0608. The van der Waals surface area contributed by atoms with Crippen LogP contribution in [0.25, 0.3) is 0 Å². The molecule has 1 saturated heterocycles. The summed E-state index contributed by atoms with van der Waals surface area (Å²) in [4.78, 5) is 12.0. The zero-order valence-electron chi connectivity index (χ0n) is 14.1. The van der Waals surface area contributed by atoms with Crippen molar-refractivity contribution in [1.82, 2.24) is 10.6 Å². The summed E-state index contributed by atoms with van der Waals surface area (Å²) in [6, 6.07) is -0.119. The highest BCUT2D eigenvalue weighted by Gasteiger charge is 2.31. The Morgan fingerprint density at radius 2 is 2.10 bits per heavy atom. The number of urea groups is 1. The molecule has 0 aliphatic carbocycles. The lowest BCUT2D eigenvalue weighted by Crippen LogP contribution is -2.51. The number of aliphatic hydroxyl groups excluding tert-OH is 1. The van der Waals surface area contributed by atoms with Gasteiger partial charge in [-0.2, -0.15) is 0 Å². The van der Waals surface area contributed by atoms with Crippen molar-refractivity contribution in [2.75, 3.05) is 13.2 Å². The first kappa shape index (κ1) is 18.2. The van der Waals surface area contributed by atoms with Crippen LogP contribution in [0.1, 0.15) is 53.9 Å². The van der Waals surface area contributed by atoms with Gasteiger partial charge in [-0.3, -0.25) is 0 Å². The highest BCUT2D eigenvalue weighted by molar-refractivity contribution is 5.74. The van der Waals surface area contributed by atoms with Crippen LogP contribution in [0.3, 0.4) is 0 Å². The Balaban J connectivity index is 2.42. The predicted octanol–water partition coefficient (Wildman–Crippen LogP) is 2.29. The maximum Gasteiger partial charge on any atom is 0.315 e. The van der Waals surface area contributed by atoms with Crippen LogP contribution >= 0.6 is 0 Å². The fourth-order valence-electron chi connectivity index (χ4n) is 2.91. The molecule has 3 unspecified atom stereocenters. The van der Waals surface area contributed by atoms with Gasteiger partial charge >= 0.3 is 6.03 Å². The number of rotatable bonds is 7. The molecular formula is C16H32N2O3. The van der Waals surface area contributed by atoms with E-state index in [4.69, 9.17) is 4.74 Å². The van der Waals surface area contributed by atoms with Crippen molar-refractivity contribution < 1.29 is 14.6 Å². The van der Waals surface area contributed by atoms with Crippen molar-refractivity contribution >= 4 is 6.03 Å². The summed E-state index contributed by atoms with van der Waals surface area (Å²) in [6.07, 6.45) is 2.62. The number of hydrogen-bond acceptors (Lipinski definition) is 3. The largest absolute Gasteiger partial charge is 0.392 e. The molecule has 0 aromatic carbocycles. The van der Waals surface area contributed by atoms with Crippen LogP contribution < -0.4 is 10.6 Å². The summed E-state index contributed by atoms with van der Waals surface area (Å²) in [5, 5.41) is 16.1. The third-order valence-electron chi connectivity index (χ3n) is 4.31. The van der Waals surface area contributed by atoms with Crippen LogP contribution in [0.15, 0.2) is 0 Å². The molecule has 1 rings (SSSR count). The second-order valence-electron chi connectivity index (χ2n) is 7.07. The van der Waals surface area contributed by atoms with Crippen LogP contribution in [0.2, 0.25) is 0 Å². The number of amides is 2. The molecule has 3 atom stereocenters. The van der Waals surface area contributed by atoms with E-state index in [1.807, 2.05) is 27.7 Å². The zero-order chi connectivity index (χ0) is 16.0. The summed E-state index contributed by atoms with van der Waals surface area (Å²) in [5.74, 6) is 0.167. The smallest absolute Gasteiger partial charge is 0.315 e. The molecule has 0 bridgehead atoms. The quantitative estimate of drug-likeness (QED) is 0.675. The Morgan fingerprint density at radius 1 is 1.43 bits per heavy atom. The van der Waals surface area contributed by atoms with Crippen molar-refractivity contribution in [1.29, 1.82) is 0 Å². The first-order chi connectivity index (χ1) is 9.77. The first-order valence-corrected chi connectivity index (χ1v) is 8.12. The molecule has 21 heavy (non-hydrogen) atoms. The minimum atomic E-state index is -0.446. The number of ether oxygens (including phenoxy) is 1. The van der Waals surface area contributed by atoms with Gasteiger partial charge in [-0.1, -0.05) is 34.6 Å². The van der Waals surface area contributed by atoms with Crippen molar-refractivity contribution in [3.63, 3.8) is 0 Å². The van der Waals surface area contributed by atoms with Gasteiger partial charge in [-0.15, -0.1) is 0 Å². The van der Waals surface area contributed by atoms with E-state index in [1.54, 1.807) is 0 Å². The van der Waals surface area contributed by atoms with E-state index < -0.39 is 6.10 Å². The van der Waals surface area contributed by atoms with E-state index in [2.05, 4.69) is 17.6 Å². The molecule has 124 valence electrons. The van der Waals surface area contributed by atoms with Crippen LogP contribution in [0, 0.1) is 11.3 Å². The van der Waals surface area contributed by atoms with Gasteiger partial charge in [0.2, 0.25) is 0 Å².